The number of ether oxygens (including phenoxy) is 2. The molecule has 0 aliphatic carbocycles. The lowest BCUT2D eigenvalue weighted by Crippen LogP contribution is -3.00. The zero-order valence-corrected chi connectivity index (χ0v) is 39.0. The number of imide groups is 1. The fraction of sp³-hybridized carbons (Fsp3) is 0.627. The number of carbonyl (C=O) groups is 2. The van der Waals surface area contributed by atoms with E-state index in [-0.39, 0.29) is 42.3 Å². The summed E-state index contributed by atoms with van der Waals surface area (Å²) >= 11 is 0. The van der Waals surface area contributed by atoms with Crippen LogP contribution in [0.5, 0.6) is 11.5 Å². The van der Waals surface area contributed by atoms with Crippen molar-refractivity contribution in [1.29, 1.82) is 0 Å². The minimum absolute atomic E-state index is 0. The normalized spacial score (nSPS) is 10.9. The van der Waals surface area contributed by atoms with E-state index >= 15 is 0 Å². The lowest BCUT2D eigenvalue weighted by molar-refractivity contribution is -0.704. The standard InChI is InChI=1S/C51H79N2O4.HI/c1-4-7-9-11-13-15-17-19-21-23-25-32-41-56-48-38-37-46(43-49(48)57-42-33-26-24-22-20-18-16-14-12-10-8-5-2)51(55)53(50(54)45-34-28-27-29-35-45)44-47-36-30-31-40-52(47)39-6-3;/h27-31,34-38,40,43H,4-26,32-33,39,41-42,44H2,1-3H3;1H/q+1;/p-1. The molecule has 0 fully saturated rings. The molecule has 0 spiro atoms. The first-order chi connectivity index (χ1) is 28.1. The number of hydrogen-bond donors (Lipinski definition) is 0. The largest absolute Gasteiger partial charge is 1.00 e. The highest BCUT2D eigenvalue weighted by molar-refractivity contribution is 6.10. The maximum Gasteiger partial charge on any atom is 0.261 e. The van der Waals surface area contributed by atoms with Crippen molar-refractivity contribution in [1.82, 2.24) is 4.90 Å². The van der Waals surface area contributed by atoms with Gasteiger partial charge in [-0.2, -0.15) is 0 Å². The molecular weight excluding hydrogens is 831 g/mol. The van der Waals surface area contributed by atoms with Crippen LogP contribution in [0.3, 0.4) is 0 Å². The lowest BCUT2D eigenvalue weighted by atomic mass is 10.1. The molecule has 0 unspecified atom stereocenters. The maximum absolute atomic E-state index is 14.4. The predicted molar refractivity (Wildman–Crippen MR) is 237 cm³/mol. The summed E-state index contributed by atoms with van der Waals surface area (Å²) in [7, 11) is 0. The molecule has 58 heavy (non-hydrogen) atoms. The molecule has 0 bridgehead atoms. The van der Waals surface area contributed by atoms with Gasteiger partial charge < -0.3 is 33.5 Å². The minimum atomic E-state index is -0.349. The molecular formula is C51H79IN2O4. The monoisotopic (exact) mass is 911 g/mol. The van der Waals surface area contributed by atoms with Gasteiger partial charge in [-0.15, -0.1) is 0 Å². The Labute approximate surface area is 371 Å². The van der Waals surface area contributed by atoms with Crippen LogP contribution in [0.4, 0.5) is 0 Å². The van der Waals surface area contributed by atoms with Gasteiger partial charge in [-0.05, 0) is 43.2 Å². The van der Waals surface area contributed by atoms with Gasteiger partial charge in [0.25, 0.3) is 11.8 Å². The molecule has 0 saturated carbocycles. The van der Waals surface area contributed by atoms with E-state index in [2.05, 4.69) is 25.3 Å². The summed E-state index contributed by atoms with van der Waals surface area (Å²) < 4.78 is 14.8. The molecule has 7 heteroatoms. The number of halogens is 1. The van der Waals surface area contributed by atoms with Crippen LogP contribution in [0.25, 0.3) is 0 Å². The van der Waals surface area contributed by atoms with E-state index in [4.69, 9.17) is 9.47 Å². The SMILES string of the molecule is CCCCCCCCCCCCCCOc1ccc(C(=O)N(Cc2cccc[n+]2CCC)C(=O)c2ccccc2)cc1OCCCCCCCCCCCCCC.[I-]. The number of pyridine rings is 1. The molecule has 6 nitrogen and oxygen atoms in total. The number of hydrogen-bond acceptors (Lipinski definition) is 4. The number of benzene rings is 2. The third-order valence-corrected chi connectivity index (χ3v) is 11.0. The molecule has 0 N–H and O–H groups in total. The average Bonchev–Trinajstić information content (AvgIpc) is 3.24. The third kappa shape index (κ3) is 21.4. The van der Waals surface area contributed by atoms with Crippen LogP contribution in [0.15, 0.2) is 72.9 Å². The van der Waals surface area contributed by atoms with E-state index < -0.39 is 0 Å². The molecule has 0 aliphatic heterocycles. The van der Waals surface area contributed by atoms with Crippen molar-refractivity contribution in [3.63, 3.8) is 0 Å². The van der Waals surface area contributed by atoms with Crippen molar-refractivity contribution >= 4 is 11.8 Å². The average molecular weight is 911 g/mol. The van der Waals surface area contributed by atoms with Crippen molar-refractivity contribution in [3.8, 4) is 11.5 Å². The highest BCUT2D eigenvalue weighted by Crippen LogP contribution is 2.30. The van der Waals surface area contributed by atoms with Crippen LogP contribution in [0.1, 0.15) is 208 Å². The Kier molecular flexibility index (Phi) is 29.9. The van der Waals surface area contributed by atoms with Gasteiger partial charge in [0.1, 0.15) is 13.1 Å². The van der Waals surface area contributed by atoms with Gasteiger partial charge in [-0.3, -0.25) is 14.5 Å². The number of nitrogens with zero attached hydrogens (tertiary/aromatic N) is 2. The second-order valence-electron chi connectivity index (χ2n) is 16.1. The minimum Gasteiger partial charge on any atom is -1.00 e. The molecule has 3 aromatic rings. The highest BCUT2D eigenvalue weighted by atomic mass is 127. The second kappa shape index (κ2) is 33.8. The number of amides is 2. The molecule has 0 radical (unpaired) electrons. The molecule has 324 valence electrons. The number of aryl methyl sites for hydroxylation is 1. The number of unbranched alkanes of at least 4 members (excludes halogenated alkanes) is 22. The smallest absolute Gasteiger partial charge is 0.261 e. The number of rotatable bonds is 34. The zero-order chi connectivity index (χ0) is 40.6. The summed E-state index contributed by atoms with van der Waals surface area (Å²) in [5.74, 6) is 0.575. The Balaban J connectivity index is 0.0000116. The molecule has 1 heterocycles. The van der Waals surface area contributed by atoms with Gasteiger partial charge in [-0.25, -0.2) is 4.57 Å². The van der Waals surface area contributed by atoms with Crippen LogP contribution in [-0.4, -0.2) is 29.9 Å². The Bertz CT molecular complexity index is 1480. The van der Waals surface area contributed by atoms with Crippen molar-refractivity contribution < 1.29 is 47.6 Å². The summed E-state index contributed by atoms with van der Waals surface area (Å²) in [5, 5.41) is 0. The van der Waals surface area contributed by atoms with Gasteiger partial charge in [0.05, 0.1) is 13.2 Å². The maximum atomic E-state index is 14.4. The highest BCUT2D eigenvalue weighted by Gasteiger charge is 2.28. The molecule has 2 amide bonds. The number of carbonyl (C=O) groups excluding carboxylic acids is 2. The van der Waals surface area contributed by atoms with E-state index in [1.165, 1.54) is 133 Å². The molecule has 2 aromatic carbocycles. The quantitative estimate of drug-likeness (QED) is 0.0259. The van der Waals surface area contributed by atoms with Crippen LogP contribution < -0.4 is 38.0 Å². The summed E-state index contributed by atoms with van der Waals surface area (Å²) in [6.07, 6.45) is 34.0. The topological polar surface area (TPSA) is 59.7 Å². The van der Waals surface area contributed by atoms with Crippen LogP contribution in [0, 0.1) is 0 Å². The molecule has 1 aromatic heterocycles. The predicted octanol–water partition coefficient (Wildman–Crippen LogP) is 11.0. The lowest BCUT2D eigenvalue weighted by Gasteiger charge is -2.21. The Morgan fingerprint density at radius 1 is 0.483 bits per heavy atom. The Morgan fingerprint density at radius 2 is 0.931 bits per heavy atom. The van der Waals surface area contributed by atoms with Gasteiger partial charge in [-0.1, -0.05) is 186 Å². The van der Waals surface area contributed by atoms with Gasteiger partial charge in [0.2, 0.25) is 5.69 Å². The molecule has 0 atom stereocenters. The van der Waals surface area contributed by atoms with E-state index in [9.17, 15) is 9.59 Å². The molecule has 0 saturated heterocycles. The fourth-order valence-corrected chi connectivity index (χ4v) is 7.53. The fourth-order valence-electron chi connectivity index (χ4n) is 7.53. The van der Waals surface area contributed by atoms with E-state index in [1.807, 2.05) is 48.7 Å². The van der Waals surface area contributed by atoms with E-state index in [0.717, 1.165) is 44.3 Å². The molecule has 3 rings (SSSR count). The summed E-state index contributed by atoms with van der Waals surface area (Å²) in [6.45, 7) is 8.83. The summed E-state index contributed by atoms with van der Waals surface area (Å²) in [4.78, 5) is 29.7. The first-order valence-corrected chi connectivity index (χ1v) is 23.4. The first kappa shape index (κ1) is 51.2. The second-order valence-corrected chi connectivity index (χ2v) is 16.1. The van der Waals surface area contributed by atoms with Crippen molar-refractivity contribution in [2.75, 3.05) is 13.2 Å². The van der Waals surface area contributed by atoms with E-state index in [1.54, 1.807) is 24.3 Å². The van der Waals surface area contributed by atoms with Gasteiger partial charge in [0, 0.05) is 29.7 Å². The Hall–Kier alpha value is -2.94. The van der Waals surface area contributed by atoms with Gasteiger partial charge >= 0.3 is 0 Å². The summed E-state index contributed by atoms with van der Waals surface area (Å²) in [5.41, 5.74) is 1.80. The van der Waals surface area contributed by atoms with Gasteiger partial charge in [0.15, 0.2) is 17.7 Å². The summed E-state index contributed by atoms with van der Waals surface area (Å²) in [6, 6.07) is 20.4. The van der Waals surface area contributed by atoms with Crippen molar-refractivity contribution in [2.45, 2.75) is 194 Å². The third-order valence-electron chi connectivity index (χ3n) is 11.0. The van der Waals surface area contributed by atoms with E-state index in [0.29, 0.717) is 35.8 Å². The Morgan fingerprint density at radius 3 is 1.43 bits per heavy atom. The first-order valence-electron chi connectivity index (χ1n) is 23.4. The number of aromatic nitrogens is 1. The molecule has 0 aliphatic rings. The van der Waals surface area contributed by atoms with Crippen LogP contribution in [0.2, 0.25) is 0 Å². The van der Waals surface area contributed by atoms with Crippen LogP contribution in [-0.2, 0) is 13.1 Å². The van der Waals surface area contributed by atoms with Crippen molar-refractivity contribution in [3.05, 3.63) is 89.7 Å². The zero-order valence-electron chi connectivity index (χ0n) is 36.8. The van der Waals surface area contributed by atoms with Crippen molar-refractivity contribution in [2.24, 2.45) is 0 Å². The van der Waals surface area contributed by atoms with Crippen LogP contribution >= 0.6 is 0 Å².